The summed E-state index contributed by atoms with van der Waals surface area (Å²) in [7, 11) is 0. The van der Waals surface area contributed by atoms with Gasteiger partial charge in [0.1, 0.15) is 11.5 Å². The fourth-order valence-electron chi connectivity index (χ4n) is 2.76. The molecule has 1 aliphatic rings. The first kappa shape index (κ1) is 18.1. The van der Waals surface area contributed by atoms with Crippen molar-refractivity contribution < 1.29 is 24.0 Å². The smallest absolute Gasteiger partial charge is 0.343 e. The number of hydrogen-bond donors (Lipinski definition) is 0. The Morgan fingerprint density at radius 1 is 1.14 bits per heavy atom. The van der Waals surface area contributed by atoms with Crippen LogP contribution in [-0.4, -0.2) is 21.7 Å². The number of carbonyl (C=O) groups excluding carboxylic acids is 2. The number of benzene rings is 2. The second kappa shape index (κ2) is 7.35. The number of carbonyl (C=O) groups is 2. The van der Waals surface area contributed by atoms with Gasteiger partial charge in [0.05, 0.1) is 16.1 Å². The van der Waals surface area contributed by atoms with Crippen LogP contribution in [0, 0.1) is 10.1 Å². The molecule has 142 valence electrons. The van der Waals surface area contributed by atoms with Gasteiger partial charge < -0.3 is 9.47 Å². The molecule has 0 aliphatic carbocycles. The third-order valence-electron chi connectivity index (χ3n) is 4.13. The van der Waals surface area contributed by atoms with E-state index in [1.807, 2.05) is 0 Å². The minimum Gasteiger partial charge on any atom is -0.452 e. The molecule has 2 aromatic carbocycles. The van der Waals surface area contributed by atoms with Crippen LogP contribution in [0.1, 0.15) is 26.3 Å². The van der Waals surface area contributed by atoms with Gasteiger partial charge in [0, 0.05) is 30.6 Å². The standard InChI is InChI=1S/C21H12N2O6/c24-20-17-7-6-16(28-21(25)14-4-1-5-15(10-14)23(26)27)11-18(17)29-19(20)9-13-3-2-8-22-12-13/h1-12H/b19-9-. The molecule has 0 bridgehead atoms. The van der Waals surface area contributed by atoms with Crippen LogP contribution >= 0.6 is 0 Å². The van der Waals surface area contributed by atoms with E-state index in [2.05, 4.69) is 4.98 Å². The van der Waals surface area contributed by atoms with E-state index in [0.29, 0.717) is 11.1 Å². The van der Waals surface area contributed by atoms with Crippen molar-refractivity contribution in [2.45, 2.75) is 0 Å². The Bertz CT molecular complexity index is 1170. The molecule has 2 heterocycles. The second-order valence-corrected chi connectivity index (χ2v) is 6.08. The number of aromatic nitrogens is 1. The lowest BCUT2D eigenvalue weighted by molar-refractivity contribution is -0.384. The van der Waals surface area contributed by atoms with Crippen molar-refractivity contribution >= 4 is 23.5 Å². The maximum absolute atomic E-state index is 12.5. The summed E-state index contributed by atoms with van der Waals surface area (Å²) in [6.45, 7) is 0. The van der Waals surface area contributed by atoms with Gasteiger partial charge in [-0.15, -0.1) is 0 Å². The molecule has 4 rings (SSSR count). The number of nitro groups is 1. The Balaban J connectivity index is 1.55. The number of Topliss-reactive ketones (excluding diaryl/α,β-unsaturated/α-hetero) is 1. The summed E-state index contributed by atoms with van der Waals surface area (Å²) in [6.07, 6.45) is 4.79. The number of hydrogen-bond acceptors (Lipinski definition) is 7. The highest BCUT2D eigenvalue weighted by atomic mass is 16.6. The Morgan fingerprint density at radius 2 is 2.00 bits per heavy atom. The van der Waals surface area contributed by atoms with Crippen LogP contribution in [0.25, 0.3) is 6.08 Å². The van der Waals surface area contributed by atoms with Gasteiger partial charge in [-0.05, 0) is 35.9 Å². The van der Waals surface area contributed by atoms with Crippen LogP contribution in [0.4, 0.5) is 5.69 Å². The van der Waals surface area contributed by atoms with Gasteiger partial charge in [0.25, 0.3) is 5.69 Å². The zero-order valence-electron chi connectivity index (χ0n) is 14.8. The van der Waals surface area contributed by atoms with Crippen LogP contribution in [0.2, 0.25) is 0 Å². The molecule has 3 aromatic rings. The molecule has 0 atom stereocenters. The second-order valence-electron chi connectivity index (χ2n) is 6.08. The normalized spacial score (nSPS) is 13.7. The molecule has 8 nitrogen and oxygen atoms in total. The third-order valence-corrected chi connectivity index (χ3v) is 4.13. The Hall–Kier alpha value is -4.33. The van der Waals surface area contributed by atoms with Gasteiger partial charge in [0.2, 0.25) is 5.78 Å². The summed E-state index contributed by atoms with van der Waals surface area (Å²) in [6, 6.07) is 13.1. The summed E-state index contributed by atoms with van der Waals surface area (Å²) in [5.41, 5.74) is 0.873. The first-order valence-electron chi connectivity index (χ1n) is 8.46. The van der Waals surface area contributed by atoms with Crippen LogP contribution in [0.5, 0.6) is 11.5 Å². The van der Waals surface area contributed by atoms with E-state index in [1.54, 1.807) is 30.6 Å². The molecular weight excluding hydrogens is 376 g/mol. The molecule has 0 N–H and O–H groups in total. The average Bonchev–Trinajstić information content (AvgIpc) is 3.03. The lowest BCUT2D eigenvalue weighted by atomic mass is 10.1. The number of ketones is 1. The summed E-state index contributed by atoms with van der Waals surface area (Å²) in [5, 5.41) is 10.9. The molecule has 0 saturated carbocycles. The zero-order chi connectivity index (χ0) is 20.4. The van der Waals surface area contributed by atoms with Crippen molar-refractivity contribution in [1.82, 2.24) is 4.98 Å². The van der Waals surface area contributed by atoms with E-state index in [1.165, 1.54) is 36.4 Å². The van der Waals surface area contributed by atoms with Gasteiger partial charge in [-0.25, -0.2) is 4.79 Å². The zero-order valence-corrected chi connectivity index (χ0v) is 14.8. The number of rotatable bonds is 4. The molecule has 0 radical (unpaired) electrons. The summed E-state index contributed by atoms with van der Waals surface area (Å²) >= 11 is 0. The van der Waals surface area contributed by atoms with Crippen LogP contribution < -0.4 is 9.47 Å². The molecule has 1 aliphatic heterocycles. The molecular formula is C21H12N2O6. The van der Waals surface area contributed by atoms with Crippen molar-refractivity contribution in [2.75, 3.05) is 0 Å². The first-order valence-corrected chi connectivity index (χ1v) is 8.46. The van der Waals surface area contributed by atoms with E-state index in [9.17, 15) is 19.7 Å². The fraction of sp³-hybridized carbons (Fsp3) is 0. The Kier molecular flexibility index (Phi) is 4.58. The van der Waals surface area contributed by atoms with Gasteiger partial charge in [-0.1, -0.05) is 12.1 Å². The van der Waals surface area contributed by atoms with Gasteiger partial charge in [0.15, 0.2) is 5.76 Å². The molecule has 0 unspecified atom stereocenters. The topological polar surface area (TPSA) is 109 Å². The molecule has 0 saturated heterocycles. The van der Waals surface area contributed by atoms with Crippen molar-refractivity contribution in [1.29, 1.82) is 0 Å². The van der Waals surface area contributed by atoms with Gasteiger partial charge in [-0.2, -0.15) is 0 Å². The number of nitrogens with zero attached hydrogens (tertiary/aromatic N) is 2. The molecule has 0 spiro atoms. The van der Waals surface area contributed by atoms with Crippen molar-refractivity contribution in [3.05, 3.63) is 99.6 Å². The van der Waals surface area contributed by atoms with Gasteiger partial charge in [-0.3, -0.25) is 19.9 Å². The third kappa shape index (κ3) is 3.72. The monoisotopic (exact) mass is 388 g/mol. The summed E-state index contributed by atoms with van der Waals surface area (Å²) in [5.74, 6) is -0.509. The van der Waals surface area contributed by atoms with Crippen molar-refractivity contribution in [3.8, 4) is 11.5 Å². The first-order chi connectivity index (χ1) is 14.0. The van der Waals surface area contributed by atoms with E-state index in [-0.39, 0.29) is 34.3 Å². The number of allylic oxidation sites excluding steroid dienone is 1. The molecule has 8 heteroatoms. The van der Waals surface area contributed by atoms with E-state index >= 15 is 0 Å². The molecule has 29 heavy (non-hydrogen) atoms. The number of ether oxygens (including phenoxy) is 2. The van der Waals surface area contributed by atoms with Crippen LogP contribution in [-0.2, 0) is 0 Å². The fourth-order valence-corrected chi connectivity index (χ4v) is 2.76. The summed E-state index contributed by atoms with van der Waals surface area (Å²) < 4.78 is 10.9. The molecule has 0 fully saturated rings. The predicted octanol–water partition coefficient (Wildman–Crippen LogP) is 3.83. The quantitative estimate of drug-likeness (QED) is 0.220. The van der Waals surface area contributed by atoms with Crippen molar-refractivity contribution in [3.63, 3.8) is 0 Å². The largest absolute Gasteiger partial charge is 0.452 e. The van der Waals surface area contributed by atoms with E-state index in [0.717, 1.165) is 6.07 Å². The highest BCUT2D eigenvalue weighted by Gasteiger charge is 2.28. The maximum atomic E-state index is 12.5. The highest BCUT2D eigenvalue weighted by Crippen LogP contribution is 2.35. The lowest BCUT2D eigenvalue weighted by Crippen LogP contribution is -2.08. The lowest BCUT2D eigenvalue weighted by Gasteiger charge is -2.05. The predicted molar refractivity (Wildman–Crippen MR) is 102 cm³/mol. The molecule has 1 aromatic heterocycles. The molecule has 0 amide bonds. The maximum Gasteiger partial charge on any atom is 0.343 e. The number of nitro benzene ring substituents is 1. The van der Waals surface area contributed by atoms with Crippen LogP contribution in [0.15, 0.2) is 72.8 Å². The SMILES string of the molecule is O=C(Oc1ccc2c(c1)O/C(=C\c1cccnc1)C2=O)c1cccc([N+](=O)[O-])c1. The Labute approximate surface area is 164 Å². The number of esters is 1. The number of pyridine rings is 1. The summed E-state index contributed by atoms with van der Waals surface area (Å²) in [4.78, 5) is 39.0. The average molecular weight is 388 g/mol. The Morgan fingerprint density at radius 3 is 2.76 bits per heavy atom. The number of non-ortho nitro benzene ring substituents is 1. The minimum atomic E-state index is -0.760. The van der Waals surface area contributed by atoms with Gasteiger partial charge >= 0.3 is 5.97 Å². The highest BCUT2D eigenvalue weighted by molar-refractivity contribution is 6.14. The number of fused-ring (bicyclic) bond motifs is 1. The minimum absolute atomic E-state index is 0.0360. The van der Waals surface area contributed by atoms with Crippen molar-refractivity contribution in [2.24, 2.45) is 0 Å². The van der Waals surface area contributed by atoms with Crippen LogP contribution in [0.3, 0.4) is 0 Å². The van der Waals surface area contributed by atoms with E-state index in [4.69, 9.17) is 9.47 Å². The van der Waals surface area contributed by atoms with E-state index < -0.39 is 10.9 Å².